The maximum Gasteiger partial charge on any atom is 0.193 e. The van der Waals surface area contributed by atoms with Crippen LogP contribution in [-0.2, 0) is 13.0 Å². The van der Waals surface area contributed by atoms with Crippen molar-refractivity contribution in [3.05, 3.63) is 59.7 Å². The Morgan fingerprint density at radius 1 is 1.22 bits per heavy atom. The largest absolute Gasteiger partial charge is 0.497 e. The van der Waals surface area contributed by atoms with Crippen LogP contribution in [0.1, 0.15) is 24.5 Å². The number of aliphatic imine (C=N–C) groups is 1. The number of hydrogen-bond acceptors (Lipinski definition) is 3. The number of guanidine groups is 1. The zero-order valence-corrected chi connectivity index (χ0v) is 18.4. The molecule has 0 radical (unpaired) electrons. The molecule has 1 unspecified atom stereocenters. The molecule has 0 saturated carbocycles. The fourth-order valence-electron chi connectivity index (χ4n) is 3.42. The monoisotopic (exact) mass is 480 g/mol. The fourth-order valence-corrected chi connectivity index (χ4v) is 3.42. The standard InChI is InChI=1S/C21H28N4O.HI/c1-3-19(25-12-11-16-7-4-5-8-17(16)15-25)14-23-21(22)24-18-9-6-10-20(13-18)26-2;/h4-10,13,19H,3,11-12,14-15H2,1-2H3,(H3,22,23,24);1H. The van der Waals surface area contributed by atoms with Crippen molar-refractivity contribution in [1.82, 2.24) is 4.90 Å². The molecule has 3 N–H and O–H groups in total. The zero-order valence-electron chi connectivity index (χ0n) is 16.0. The Balaban J connectivity index is 0.00000261. The van der Waals surface area contributed by atoms with E-state index in [-0.39, 0.29) is 24.0 Å². The van der Waals surface area contributed by atoms with Gasteiger partial charge in [-0.15, -0.1) is 24.0 Å². The Bertz CT molecular complexity index is 765. The molecule has 0 aromatic heterocycles. The van der Waals surface area contributed by atoms with E-state index < -0.39 is 0 Å². The quantitative estimate of drug-likeness (QED) is 0.375. The molecule has 3 rings (SSSR count). The Morgan fingerprint density at radius 3 is 2.74 bits per heavy atom. The highest BCUT2D eigenvalue weighted by atomic mass is 127. The van der Waals surface area contributed by atoms with Crippen LogP contribution in [0.15, 0.2) is 53.5 Å². The average molecular weight is 480 g/mol. The van der Waals surface area contributed by atoms with E-state index in [2.05, 4.69) is 46.4 Å². The third kappa shape index (κ3) is 5.84. The van der Waals surface area contributed by atoms with E-state index in [1.165, 1.54) is 11.1 Å². The van der Waals surface area contributed by atoms with E-state index >= 15 is 0 Å². The minimum Gasteiger partial charge on any atom is -0.497 e. The number of fused-ring (bicyclic) bond motifs is 1. The van der Waals surface area contributed by atoms with Gasteiger partial charge >= 0.3 is 0 Å². The van der Waals surface area contributed by atoms with E-state index in [0.29, 0.717) is 18.5 Å². The second-order valence-corrected chi connectivity index (χ2v) is 6.63. The van der Waals surface area contributed by atoms with Crippen LogP contribution in [0.25, 0.3) is 0 Å². The molecule has 1 atom stereocenters. The van der Waals surface area contributed by atoms with E-state index in [1.54, 1.807) is 7.11 Å². The van der Waals surface area contributed by atoms with Crippen LogP contribution in [0.5, 0.6) is 5.75 Å². The summed E-state index contributed by atoms with van der Waals surface area (Å²) in [6, 6.07) is 16.8. The predicted octanol–water partition coefficient (Wildman–Crippen LogP) is 3.88. The molecule has 6 heteroatoms. The van der Waals surface area contributed by atoms with Crippen molar-refractivity contribution in [3.8, 4) is 5.75 Å². The minimum atomic E-state index is 0. The first kappa shape index (κ1) is 21.5. The number of rotatable bonds is 6. The van der Waals surface area contributed by atoms with E-state index in [4.69, 9.17) is 10.5 Å². The summed E-state index contributed by atoms with van der Waals surface area (Å²) in [6.07, 6.45) is 2.16. The summed E-state index contributed by atoms with van der Waals surface area (Å²) in [5, 5.41) is 3.14. The highest BCUT2D eigenvalue weighted by Gasteiger charge is 2.21. The highest BCUT2D eigenvalue weighted by molar-refractivity contribution is 14.0. The van der Waals surface area contributed by atoms with Crippen LogP contribution in [0.4, 0.5) is 5.69 Å². The Labute approximate surface area is 179 Å². The number of nitrogens with two attached hydrogens (primary N) is 1. The number of halogens is 1. The van der Waals surface area contributed by atoms with Gasteiger partial charge in [-0.3, -0.25) is 9.89 Å². The second kappa shape index (κ2) is 10.5. The molecule has 27 heavy (non-hydrogen) atoms. The summed E-state index contributed by atoms with van der Waals surface area (Å²) in [7, 11) is 1.65. The normalized spacial score (nSPS) is 15.4. The average Bonchev–Trinajstić information content (AvgIpc) is 2.68. The first-order valence-electron chi connectivity index (χ1n) is 9.21. The van der Waals surface area contributed by atoms with Crippen LogP contribution in [0.3, 0.4) is 0 Å². The first-order chi connectivity index (χ1) is 12.7. The number of benzene rings is 2. The lowest BCUT2D eigenvalue weighted by Gasteiger charge is -2.34. The van der Waals surface area contributed by atoms with Gasteiger partial charge in [-0.05, 0) is 36.1 Å². The molecule has 146 valence electrons. The van der Waals surface area contributed by atoms with Crippen LogP contribution in [0, 0.1) is 0 Å². The third-order valence-electron chi connectivity index (χ3n) is 4.96. The minimum absolute atomic E-state index is 0. The lowest BCUT2D eigenvalue weighted by atomic mass is 9.98. The molecule has 0 spiro atoms. The van der Waals surface area contributed by atoms with Gasteiger partial charge in [0, 0.05) is 30.9 Å². The summed E-state index contributed by atoms with van der Waals surface area (Å²) < 4.78 is 5.23. The summed E-state index contributed by atoms with van der Waals surface area (Å²) in [5.41, 5.74) is 9.87. The van der Waals surface area contributed by atoms with Gasteiger partial charge in [-0.25, -0.2) is 0 Å². The summed E-state index contributed by atoms with van der Waals surface area (Å²) in [5.74, 6) is 1.23. The van der Waals surface area contributed by atoms with Gasteiger partial charge in [0.1, 0.15) is 5.75 Å². The van der Waals surface area contributed by atoms with Crippen molar-refractivity contribution in [2.75, 3.05) is 25.5 Å². The Kier molecular flexibility index (Phi) is 8.37. The van der Waals surface area contributed by atoms with Crippen LogP contribution < -0.4 is 15.8 Å². The molecule has 0 aliphatic carbocycles. The Morgan fingerprint density at radius 2 is 2.00 bits per heavy atom. The fraction of sp³-hybridized carbons (Fsp3) is 0.381. The van der Waals surface area contributed by atoms with Crippen LogP contribution >= 0.6 is 24.0 Å². The van der Waals surface area contributed by atoms with Crippen LogP contribution in [0.2, 0.25) is 0 Å². The molecule has 1 aliphatic rings. The lowest BCUT2D eigenvalue weighted by Crippen LogP contribution is -2.41. The molecule has 1 aliphatic heterocycles. The summed E-state index contributed by atoms with van der Waals surface area (Å²) in [6.45, 7) is 4.98. The number of anilines is 1. The molecular weight excluding hydrogens is 451 g/mol. The van der Waals surface area contributed by atoms with Crippen molar-refractivity contribution in [1.29, 1.82) is 0 Å². The topological polar surface area (TPSA) is 62.9 Å². The maximum absolute atomic E-state index is 6.09. The number of methoxy groups -OCH3 is 1. The Hall–Kier alpha value is -1.80. The van der Waals surface area contributed by atoms with Gasteiger partial charge in [0.15, 0.2) is 5.96 Å². The first-order valence-corrected chi connectivity index (χ1v) is 9.21. The van der Waals surface area contributed by atoms with Gasteiger partial charge in [0.05, 0.1) is 13.7 Å². The summed E-state index contributed by atoms with van der Waals surface area (Å²) >= 11 is 0. The van der Waals surface area contributed by atoms with Crippen LogP contribution in [-0.4, -0.2) is 37.1 Å². The van der Waals surface area contributed by atoms with Gasteiger partial charge in [0.25, 0.3) is 0 Å². The van der Waals surface area contributed by atoms with Crippen molar-refractivity contribution >= 4 is 35.6 Å². The molecule has 0 fully saturated rings. The second-order valence-electron chi connectivity index (χ2n) is 6.63. The molecule has 0 bridgehead atoms. The molecule has 2 aromatic carbocycles. The molecule has 1 heterocycles. The molecule has 2 aromatic rings. The number of hydrogen-bond donors (Lipinski definition) is 2. The van der Waals surface area contributed by atoms with Gasteiger partial charge in [-0.1, -0.05) is 37.3 Å². The lowest BCUT2D eigenvalue weighted by molar-refractivity contribution is 0.178. The molecular formula is C21H29IN4O. The van der Waals surface area contributed by atoms with Crippen molar-refractivity contribution in [3.63, 3.8) is 0 Å². The molecule has 5 nitrogen and oxygen atoms in total. The van der Waals surface area contributed by atoms with Gasteiger partial charge < -0.3 is 15.8 Å². The predicted molar refractivity (Wildman–Crippen MR) is 123 cm³/mol. The van der Waals surface area contributed by atoms with E-state index in [1.807, 2.05) is 24.3 Å². The smallest absolute Gasteiger partial charge is 0.193 e. The highest BCUT2D eigenvalue weighted by Crippen LogP contribution is 2.21. The van der Waals surface area contributed by atoms with Gasteiger partial charge in [-0.2, -0.15) is 0 Å². The maximum atomic E-state index is 6.09. The third-order valence-corrected chi connectivity index (χ3v) is 4.96. The number of nitrogens with zero attached hydrogens (tertiary/aromatic N) is 2. The summed E-state index contributed by atoms with van der Waals surface area (Å²) in [4.78, 5) is 7.10. The van der Waals surface area contributed by atoms with E-state index in [0.717, 1.165) is 37.4 Å². The number of nitrogens with one attached hydrogen (secondary N) is 1. The molecule has 0 amide bonds. The van der Waals surface area contributed by atoms with E-state index in [9.17, 15) is 0 Å². The molecule has 0 saturated heterocycles. The van der Waals surface area contributed by atoms with Crippen molar-refractivity contribution in [2.24, 2.45) is 10.7 Å². The zero-order chi connectivity index (χ0) is 18.4. The van der Waals surface area contributed by atoms with Crippen molar-refractivity contribution in [2.45, 2.75) is 32.4 Å². The SMILES string of the molecule is CCC(CN=C(N)Nc1cccc(OC)c1)N1CCc2ccccc2C1.I. The number of ether oxygens (including phenoxy) is 1. The van der Waals surface area contributed by atoms with Gasteiger partial charge in [0.2, 0.25) is 0 Å². The van der Waals surface area contributed by atoms with Crippen molar-refractivity contribution < 1.29 is 4.74 Å².